The number of rotatable bonds is 5. The summed E-state index contributed by atoms with van der Waals surface area (Å²) in [5, 5.41) is 2.91. The first-order valence-corrected chi connectivity index (χ1v) is 8.87. The van der Waals surface area contributed by atoms with Gasteiger partial charge in [-0.3, -0.25) is 9.20 Å². The number of nitrogens with one attached hydrogen (secondary N) is 1. The van der Waals surface area contributed by atoms with Gasteiger partial charge < -0.3 is 10.1 Å². The van der Waals surface area contributed by atoms with E-state index in [4.69, 9.17) is 4.74 Å². The van der Waals surface area contributed by atoms with Crippen LogP contribution in [0.5, 0.6) is 5.75 Å². The molecule has 2 heterocycles. The van der Waals surface area contributed by atoms with Crippen LogP contribution in [0.25, 0.3) is 16.9 Å². The van der Waals surface area contributed by atoms with Gasteiger partial charge in [0.25, 0.3) is 5.91 Å². The highest BCUT2D eigenvalue weighted by atomic mass is 19.1. The van der Waals surface area contributed by atoms with Crippen LogP contribution < -0.4 is 10.1 Å². The van der Waals surface area contributed by atoms with E-state index >= 15 is 0 Å². The van der Waals surface area contributed by atoms with Crippen LogP contribution in [-0.4, -0.2) is 21.4 Å². The first-order valence-electron chi connectivity index (χ1n) is 8.87. The lowest BCUT2D eigenvalue weighted by molar-refractivity contribution is -0.122. The van der Waals surface area contributed by atoms with Crippen molar-refractivity contribution in [2.24, 2.45) is 0 Å². The molecule has 0 fully saturated rings. The van der Waals surface area contributed by atoms with Gasteiger partial charge in [0.1, 0.15) is 28.7 Å². The van der Waals surface area contributed by atoms with Gasteiger partial charge in [-0.2, -0.15) is 0 Å². The Kier molecular flexibility index (Phi) is 4.76. The van der Waals surface area contributed by atoms with E-state index in [0.717, 1.165) is 11.2 Å². The lowest BCUT2D eigenvalue weighted by Crippen LogP contribution is -2.30. The molecule has 6 heteroatoms. The molecule has 4 aromatic rings. The van der Waals surface area contributed by atoms with Crippen LogP contribution in [0, 0.1) is 5.82 Å². The van der Waals surface area contributed by atoms with Crippen LogP contribution in [0.4, 0.5) is 10.2 Å². The average molecular weight is 375 g/mol. The number of ether oxygens (including phenoxy) is 1. The molecule has 0 aliphatic heterocycles. The number of aromatic nitrogens is 2. The first kappa shape index (κ1) is 17.7. The zero-order valence-electron chi connectivity index (χ0n) is 15.2. The third-order valence-corrected chi connectivity index (χ3v) is 4.30. The standard InChI is InChI=1S/C22H18FN3O2/c1-15(28-18-11-7-10-17(23)14-18)22(27)25-21-20(16-8-3-2-4-9-16)24-19-12-5-6-13-26(19)21/h2-15H,1H3,(H,25,27). The van der Waals surface area contributed by atoms with E-state index in [9.17, 15) is 9.18 Å². The number of fused-ring (bicyclic) bond motifs is 1. The van der Waals surface area contributed by atoms with Crippen molar-refractivity contribution in [1.29, 1.82) is 0 Å². The Labute approximate surface area is 161 Å². The number of hydrogen-bond donors (Lipinski definition) is 1. The lowest BCUT2D eigenvalue weighted by Gasteiger charge is -2.15. The van der Waals surface area contributed by atoms with E-state index < -0.39 is 11.9 Å². The van der Waals surface area contributed by atoms with Gasteiger partial charge >= 0.3 is 0 Å². The van der Waals surface area contributed by atoms with Crippen molar-refractivity contribution in [1.82, 2.24) is 9.38 Å². The molecule has 28 heavy (non-hydrogen) atoms. The summed E-state index contributed by atoms with van der Waals surface area (Å²) in [6.45, 7) is 1.62. The van der Waals surface area contributed by atoms with E-state index in [1.165, 1.54) is 18.2 Å². The van der Waals surface area contributed by atoms with Gasteiger partial charge in [0, 0.05) is 17.8 Å². The highest BCUT2D eigenvalue weighted by Gasteiger charge is 2.20. The Morgan fingerprint density at radius 2 is 1.86 bits per heavy atom. The zero-order chi connectivity index (χ0) is 19.5. The summed E-state index contributed by atoms with van der Waals surface area (Å²) in [6, 6.07) is 21.0. The van der Waals surface area contributed by atoms with Gasteiger partial charge in [-0.1, -0.05) is 42.5 Å². The van der Waals surface area contributed by atoms with E-state index in [-0.39, 0.29) is 5.91 Å². The SMILES string of the molecule is CC(Oc1cccc(F)c1)C(=O)Nc1c(-c2ccccc2)nc2ccccn12. The van der Waals surface area contributed by atoms with Gasteiger partial charge in [0.2, 0.25) is 0 Å². The third-order valence-electron chi connectivity index (χ3n) is 4.30. The Morgan fingerprint density at radius 1 is 1.07 bits per heavy atom. The molecule has 0 aliphatic carbocycles. The Hall–Kier alpha value is -3.67. The van der Waals surface area contributed by atoms with Crippen molar-refractivity contribution < 1.29 is 13.9 Å². The molecule has 0 aliphatic rings. The van der Waals surface area contributed by atoms with Crippen LogP contribution in [0.15, 0.2) is 79.0 Å². The van der Waals surface area contributed by atoms with E-state index in [0.29, 0.717) is 17.3 Å². The average Bonchev–Trinajstić information content (AvgIpc) is 3.07. The maximum Gasteiger partial charge on any atom is 0.266 e. The zero-order valence-corrected chi connectivity index (χ0v) is 15.2. The fourth-order valence-corrected chi connectivity index (χ4v) is 2.93. The smallest absolute Gasteiger partial charge is 0.266 e. The number of carbonyl (C=O) groups excluding carboxylic acids is 1. The molecule has 1 N–H and O–H groups in total. The number of benzene rings is 2. The van der Waals surface area contributed by atoms with Crippen molar-refractivity contribution >= 4 is 17.4 Å². The summed E-state index contributed by atoms with van der Waals surface area (Å²) in [7, 11) is 0. The van der Waals surface area contributed by atoms with Crippen molar-refractivity contribution in [2.45, 2.75) is 13.0 Å². The number of pyridine rings is 1. The monoisotopic (exact) mass is 375 g/mol. The van der Waals surface area contributed by atoms with Gasteiger partial charge in [-0.25, -0.2) is 9.37 Å². The lowest BCUT2D eigenvalue weighted by atomic mass is 10.1. The molecule has 5 nitrogen and oxygen atoms in total. The Bertz CT molecular complexity index is 1130. The van der Waals surface area contributed by atoms with Gasteiger partial charge in [-0.05, 0) is 31.2 Å². The summed E-state index contributed by atoms with van der Waals surface area (Å²) in [5.74, 6) is 0.0796. The van der Waals surface area contributed by atoms with Crippen LogP contribution in [0.1, 0.15) is 6.92 Å². The van der Waals surface area contributed by atoms with Crippen LogP contribution in [0.2, 0.25) is 0 Å². The number of imidazole rings is 1. The molecule has 0 spiro atoms. The van der Waals surface area contributed by atoms with Gasteiger partial charge in [0.15, 0.2) is 6.10 Å². The molecule has 1 atom stereocenters. The minimum Gasteiger partial charge on any atom is -0.481 e. The van der Waals surface area contributed by atoms with Gasteiger partial charge in [0.05, 0.1) is 0 Å². The highest BCUT2D eigenvalue weighted by Crippen LogP contribution is 2.28. The second kappa shape index (κ2) is 7.52. The van der Waals surface area contributed by atoms with E-state index in [1.54, 1.807) is 13.0 Å². The first-order chi connectivity index (χ1) is 13.6. The predicted octanol–water partition coefficient (Wildman–Crippen LogP) is 4.55. The minimum atomic E-state index is -0.820. The van der Waals surface area contributed by atoms with Crippen LogP contribution in [0.3, 0.4) is 0 Å². The number of nitrogens with zero attached hydrogens (tertiary/aromatic N) is 2. The Balaban J connectivity index is 1.64. The summed E-state index contributed by atoms with van der Waals surface area (Å²) in [6.07, 6.45) is 1.02. The van der Waals surface area contributed by atoms with Crippen molar-refractivity contribution in [3.8, 4) is 17.0 Å². The topological polar surface area (TPSA) is 55.6 Å². The predicted molar refractivity (Wildman–Crippen MR) is 106 cm³/mol. The molecular formula is C22H18FN3O2. The summed E-state index contributed by atoms with van der Waals surface area (Å²) < 4.78 is 20.7. The van der Waals surface area contributed by atoms with E-state index in [2.05, 4.69) is 10.3 Å². The number of anilines is 1. The molecule has 0 radical (unpaired) electrons. The number of halogens is 1. The van der Waals surface area contributed by atoms with Crippen molar-refractivity contribution in [3.05, 3.63) is 84.8 Å². The Morgan fingerprint density at radius 3 is 2.64 bits per heavy atom. The fourth-order valence-electron chi connectivity index (χ4n) is 2.93. The van der Waals surface area contributed by atoms with Gasteiger partial charge in [-0.15, -0.1) is 0 Å². The maximum absolute atomic E-state index is 13.3. The molecule has 0 saturated heterocycles. The second-order valence-corrected chi connectivity index (χ2v) is 6.31. The minimum absolute atomic E-state index is 0.295. The summed E-state index contributed by atoms with van der Waals surface area (Å²) in [4.78, 5) is 17.4. The van der Waals surface area contributed by atoms with Crippen LogP contribution in [-0.2, 0) is 4.79 Å². The molecule has 4 rings (SSSR count). The molecule has 2 aromatic heterocycles. The largest absolute Gasteiger partial charge is 0.481 e. The van der Waals surface area contributed by atoms with Crippen molar-refractivity contribution in [2.75, 3.05) is 5.32 Å². The molecule has 0 saturated carbocycles. The van der Waals surface area contributed by atoms with Crippen molar-refractivity contribution in [3.63, 3.8) is 0 Å². The molecule has 140 valence electrons. The summed E-state index contributed by atoms with van der Waals surface area (Å²) >= 11 is 0. The maximum atomic E-state index is 13.3. The quantitative estimate of drug-likeness (QED) is 0.557. The van der Waals surface area contributed by atoms with E-state index in [1.807, 2.05) is 59.1 Å². The highest BCUT2D eigenvalue weighted by molar-refractivity contribution is 5.97. The molecule has 0 bridgehead atoms. The second-order valence-electron chi connectivity index (χ2n) is 6.31. The fraction of sp³-hybridized carbons (Fsp3) is 0.0909. The molecule has 1 unspecified atom stereocenters. The third kappa shape index (κ3) is 3.57. The molecule has 2 aromatic carbocycles. The van der Waals surface area contributed by atoms with Crippen LogP contribution >= 0.6 is 0 Å². The number of carbonyl (C=O) groups is 1. The molecule has 1 amide bonds. The summed E-state index contributed by atoms with van der Waals surface area (Å²) in [5.41, 5.74) is 2.27. The number of amides is 1. The molecular weight excluding hydrogens is 357 g/mol. The normalized spacial score (nSPS) is 11.9. The number of hydrogen-bond acceptors (Lipinski definition) is 3.